The predicted octanol–water partition coefficient (Wildman–Crippen LogP) is 2.18. The zero-order valence-electron chi connectivity index (χ0n) is 11.9. The Morgan fingerprint density at radius 2 is 1.95 bits per heavy atom. The molecule has 1 aromatic carbocycles. The topological polar surface area (TPSA) is 82.8 Å². The molecule has 6 nitrogen and oxygen atoms in total. The molecule has 110 valence electrons. The number of Topliss-reactive ketones (excluding diaryl/α,β-unsaturated/α-hetero) is 1. The molecule has 1 heterocycles. The van der Waals surface area contributed by atoms with Crippen LogP contribution in [0.5, 0.6) is 5.75 Å². The molecule has 0 atom stereocenters. The highest BCUT2D eigenvalue weighted by Crippen LogP contribution is 2.26. The first-order chi connectivity index (χ1) is 9.97. The lowest BCUT2D eigenvalue weighted by molar-refractivity contribution is 0.0526. The van der Waals surface area contributed by atoms with Gasteiger partial charge in [-0.05, 0) is 19.1 Å². The average Bonchev–Trinajstić information content (AvgIpc) is 2.45. The van der Waals surface area contributed by atoms with E-state index in [1.165, 1.54) is 26.2 Å². The fourth-order valence-corrected chi connectivity index (χ4v) is 1.92. The van der Waals surface area contributed by atoms with E-state index >= 15 is 0 Å². The van der Waals surface area contributed by atoms with Gasteiger partial charge in [0.25, 0.3) is 0 Å². The Labute approximate surface area is 120 Å². The van der Waals surface area contributed by atoms with Crippen LogP contribution in [0.25, 0.3) is 11.0 Å². The number of fused-ring (bicyclic) bond motifs is 1. The quantitative estimate of drug-likeness (QED) is 0.634. The summed E-state index contributed by atoms with van der Waals surface area (Å²) in [4.78, 5) is 35.2. The average molecular weight is 290 g/mol. The number of carbonyl (C=O) groups is 2. The lowest BCUT2D eigenvalue weighted by Crippen LogP contribution is -2.09. The molecule has 0 saturated heterocycles. The molecule has 0 spiro atoms. The third-order valence-corrected chi connectivity index (χ3v) is 2.87. The van der Waals surface area contributed by atoms with Crippen LogP contribution in [0.3, 0.4) is 0 Å². The molecular formula is C15H14O6. The fraction of sp³-hybridized carbons (Fsp3) is 0.267. The lowest BCUT2D eigenvalue weighted by atomic mass is 10.1. The van der Waals surface area contributed by atoms with E-state index in [1.54, 1.807) is 6.92 Å². The summed E-state index contributed by atoms with van der Waals surface area (Å²) in [5.41, 5.74) is -0.117. The molecule has 0 aliphatic heterocycles. The highest BCUT2D eigenvalue weighted by molar-refractivity contribution is 5.98. The van der Waals surface area contributed by atoms with Crippen molar-refractivity contribution < 1.29 is 23.5 Å². The second kappa shape index (κ2) is 5.78. The molecule has 0 aliphatic rings. The van der Waals surface area contributed by atoms with Crippen molar-refractivity contribution in [3.8, 4) is 5.75 Å². The van der Waals surface area contributed by atoms with Gasteiger partial charge < -0.3 is 13.9 Å². The van der Waals surface area contributed by atoms with Crippen molar-refractivity contribution in [3.63, 3.8) is 0 Å². The van der Waals surface area contributed by atoms with Gasteiger partial charge >= 0.3 is 5.97 Å². The number of hydrogen-bond donors (Lipinski definition) is 0. The molecule has 1 aromatic heterocycles. The van der Waals surface area contributed by atoms with E-state index in [0.717, 1.165) is 6.07 Å². The third-order valence-electron chi connectivity index (χ3n) is 2.87. The summed E-state index contributed by atoms with van der Waals surface area (Å²) in [6.07, 6.45) is 0. The number of ether oxygens (including phenoxy) is 2. The van der Waals surface area contributed by atoms with Crippen LogP contribution in [0.15, 0.2) is 27.4 Å². The number of methoxy groups -OCH3 is 1. The van der Waals surface area contributed by atoms with Gasteiger partial charge in [0.15, 0.2) is 17.0 Å². The Bertz CT molecular complexity index is 772. The molecule has 0 saturated carbocycles. The maximum Gasteiger partial charge on any atom is 0.338 e. The number of ketones is 1. The van der Waals surface area contributed by atoms with Crippen molar-refractivity contribution in [3.05, 3.63) is 39.7 Å². The van der Waals surface area contributed by atoms with Crippen LogP contribution in [-0.2, 0) is 4.74 Å². The molecule has 0 N–H and O–H groups in total. The van der Waals surface area contributed by atoms with E-state index in [2.05, 4.69) is 0 Å². The number of benzene rings is 1. The molecule has 2 aromatic rings. The molecule has 21 heavy (non-hydrogen) atoms. The largest absolute Gasteiger partial charge is 0.496 e. The van der Waals surface area contributed by atoms with Crippen molar-refractivity contribution in [2.24, 2.45) is 0 Å². The normalized spacial score (nSPS) is 10.4. The van der Waals surface area contributed by atoms with Crippen molar-refractivity contribution in [2.75, 3.05) is 13.7 Å². The Balaban J connectivity index is 2.76. The highest BCUT2D eigenvalue weighted by Gasteiger charge is 2.17. The van der Waals surface area contributed by atoms with E-state index in [4.69, 9.17) is 13.9 Å². The van der Waals surface area contributed by atoms with Crippen molar-refractivity contribution in [1.82, 2.24) is 0 Å². The van der Waals surface area contributed by atoms with Crippen LogP contribution in [0.2, 0.25) is 0 Å². The minimum atomic E-state index is -0.562. The van der Waals surface area contributed by atoms with Gasteiger partial charge in [-0.15, -0.1) is 0 Å². The van der Waals surface area contributed by atoms with Crippen LogP contribution in [0.4, 0.5) is 0 Å². The molecule has 0 unspecified atom stereocenters. The van der Waals surface area contributed by atoms with E-state index in [0.29, 0.717) is 0 Å². The first-order valence-corrected chi connectivity index (χ1v) is 6.31. The summed E-state index contributed by atoms with van der Waals surface area (Å²) >= 11 is 0. The minimum absolute atomic E-state index is 0.0736. The summed E-state index contributed by atoms with van der Waals surface area (Å²) in [6, 6.07) is 3.88. The molecule has 6 heteroatoms. The van der Waals surface area contributed by atoms with Gasteiger partial charge in [0.2, 0.25) is 0 Å². The second-order valence-electron chi connectivity index (χ2n) is 4.30. The standard InChI is InChI=1S/C15H14O6/c1-4-20-15(18)9-5-12(19-3)14-10(17)7-11(8(2)16)21-13(14)6-9/h5-7H,4H2,1-3H3. The molecule has 0 bridgehead atoms. The highest BCUT2D eigenvalue weighted by atomic mass is 16.5. The van der Waals surface area contributed by atoms with E-state index < -0.39 is 11.4 Å². The second-order valence-corrected chi connectivity index (χ2v) is 4.30. The van der Waals surface area contributed by atoms with Crippen LogP contribution in [0.1, 0.15) is 34.8 Å². The predicted molar refractivity (Wildman–Crippen MR) is 75.0 cm³/mol. The molecule has 0 radical (unpaired) electrons. The SMILES string of the molecule is CCOC(=O)c1cc(OC)c2c(=O)cc(C(C)=O)oc2c1. The number of carbonyl (C=O) groups excluding carboxylic acids is 2. The monoisotopic (exact) mass is 290 g/mol. The number of esters is 1. The van der Waals surface area contributed by atoms with Crippen LogP contribution in [0, 0.1) is 0 Å². The summed E-state index contributed by atoms with van der Waals surface area (Å²) in [7, 11) is 1.38. The molecule has 0 fully saturated rings. The van der Waals surface area contributed by atoms with Gasteiger partial charge in [-0.1, -0.05) is 0 Å². The Kier molecular flexibility index (Phi) is 4.07. The van der Waals surface area contributed by atoms with Gasteiger partial charge in [-0.3, -0.25) is 9.59 Å². The number of hydrogen-bond acceptors (Lipinski definition) is 6. The van der Waals surface area contributed by atoms with E-state index in [1.807, 2.05) is 0 Å². The Morgan fingerprint density at radius 3 is 2.52 bits per heavy atom. The molecule has 2 rings (SSSR count). The van der Waals surface area contributed by atoms with Crippen molar-refractivity contribution in [1.29, 1.82) is 0 Å². The van der Waals surface area contributed by atoms with E-state index in [9.17, 15) is 14.4 Å². The maximum absolute atomic E-state index is 12.1. The van der Waals surface area contributed by atoms with Gasteiger partial charge in [0.1, 0.15) is 16.7 Å². The summed E-state index contributed by atoms with van der Waals surface area (Å²) in [6.45, 7) is 3.19. The van der Waals surface area contributed by atoms with Gasteiger partial charge in [0.05, 0.1) is 19.3 Å². The zero-order valence-corrected chi connectivity index (χ0v) is 11.9. The van der Waals surface area contributed by atoms with Crippen molar-refractivity contribution >= 4 is 22.7 Å². The zero-order chi connectivity index (χ0) is 15.6. The smallest absolute Gasteiger partial charge is 0.338 e. The first kappa shape index (κ1) is 14.8. The van der Waals surface area contributed by atoms with Crippen LogP contribution >= 0.6 is 0 Å². The third kappa shape index (κ3) is 2.79. The van der Waals surface area contributed by atoms with Gasteiger partial charge in [0, 0.05) is 13.0 Å². The summed E-state index contributed by atoms with van der Waals surface area (Å²) in [5, 5.41) is 0.176. The Morgan fingerprint density at radius 1 is 1.24 bits per heavy atom. The fourth-order valence-electron chi connectivity index (χ4n) is 1.92. The minimum Gasteiger partial charge on any atom is -0.496 e. The lowest BCUT2D eigenvalue weighted by Gasteiger charge is -2.08. The molecular weight excluding hydrogens is 276 g/mol. The Hall–Kier alpha value is -2.63. The number of rotatable bonds is 4. The summed E-state index contributed by atoms with van der Waals surface area (Å²) < 4.78 is 15.4. The molecule has 0 amide bonds. The van der Waals surface area contributed by atoms with Crippen molar-refractivity contribution in [2.45, 2.75) is 13.8 Å². The first-order valence-electron chi connectivity index (χ1n) is 6.31. The maximum atomic E-state index is 12.1. The van der Waals surface area contributed by atoms with Crippen LogP contribution in [-0.4, -0.2) is 25.5 Å². The van der Waals surface area contributed by atoms with Gasteiger partial charge in [-0.25, -0.2) is 4.79 Å². The van der Waals surface area contributed by atoms with Gasteiger partial charge in [-0.2, -0.15) is 0 Å². The molecule has 0 aliphatic carbocycles. The summed E-state index contributed by atoms with van der Waals surface area (Å²) in [5.74, 6) is -0.821. The van der Waals surface area contributed by atoms with Crippen LogP contribution < -0.4 is 10.2 Å². The van der Waals surface area contributed by atoms with E-state index in [-0.39, 0.29) is 40.4 Å².